The van der Waals surface area contributed by atoms with Crippen molar-refractivity contribution in [2.75, 3.05) is 0 Å². The minimum Gasteiger partial charge on any atom is -0.206 e. The van der Waals surface area contributed by atoms with E-state index in [0.717, 1.165) is 0 Å². The van der Waals surface area contributed by atoms with Gasteiger partial charge in [0, 0.05) is 0 Å². The molecule has 0 aromatic carbocycles. The van der Waals surface area contributed by atoms with E-state index in [1.165, 1.54) is 6.92 Å². The zero-order valence-corrected chi connectivity index (χ0v) is 7.79. The number of tetrazole rings is 1. The minimum atomic E-state index is -4.63. The van der Waals surface area contributed by atoms with Gasteiger partial charge in [-0.3, -0.25) is 0 Å². The highest BCUT2D eigenvalue weighted by Gasteiger charge is 2.27. The zero-order chi connectivity index (χ0) is 10.8. The molecule has 1 heterocycles. The number of aromatic nitrogens is 4. The molecule has 0 radical (unpaired) electrons. The highest BCUT2D eigenvalue weighted by atomic mass is 32.2. The second kappa shape index (κ2) is 3.92. The fourth-order valence-corrected chi connectivity index (χ4v) is 1.40. The summed E-state index contributed by atoms with van der Waals surface area (Å²) >= 11 is 0. The number of halogens is 2. The predicted molar refractivity (Wildman–Crippen MR) is 40.7 cm³/mol. The molecule has 10 heteroatoms. The maximum atomic E-state index is 11.9. The number of aromatic amines is 1. The van der Waals surface area contributed by atoms with E-state index in [-0.39, 0.29) is 5.82 Å². The van der Waals surface area contributed by atoms with Crippen molar-refractivity contribution in [1.29, 1.82) is 0 Å². The summed E-state index contributed by atoms with van der Waals surface area (Å²) in [7, 11) is -4.63. The van der Waals surface area contributed by atoms with Gasteiger partial charge in [-0.1, -0.05) is 5.21 Å². The molecule has 1 atom stereocenters. The first kappa shape index (κ1) is 10.9. The van der Waals surface area contributed by atoms with Crippen molar-refractivity contribution in [2.24, 2.45) is 0 Å². The Bertz CT molecular complexity index is 376. The van der Waals surface area contributed by atoms with E-state index in [1.807, 2.05) is 0 Å². The van der Waals surface area contributed by atoms with Crippen LogP contribution in [0.3, 0.4) is 0 Å². The van der Waals surface area contributed by atoms with E-state index in [2.05, 4.69) is 20.6 Å². The van der Waals surface area contributed by atoms with Crippen molar-refractivity contribution in [3.8, 4) is 0 Å². The van der Waals surface area contributed by atoms with Crippen molar-refractivity contribution in [1.82, 2.24) is 25.3 Å². The second-order valence-corrected chi connectivity index (χ2v) is 4.10. The number of alkyl halides is 2. The molecule has 0 bridgehead atoms. The largest absolute Gasteiger partial charge is 0.350 e. The lowest BCUT2D eigenvalue weighted by Crippen LogP contribution is -2.32. The van der Waals surface area contributed by atoms with E-state index in [0.29, 0.717) is 0 Å². The molecular weight excluding hydrogens is 220 g/mol. The highest BCUT2D eigenvalue weighted by Crippen LogP contribution is 2.10. The molecule has 7 nitrogen and oxygen atoms in total. The summed E-state index contributed by atoms with van der Waals surface area (Å²) < 4.78 is 46.9. The maximum Gasteiger partial charge on any atom is 0.350 e. The van der Waals surface area contributed by atoms with Crippen LogP contribution < -0.4 is 4.72 Å². The molecule has 0 saturated heterocycles. The lowest BCUT2D eigenvalue weighted by molar-refractivity contribution is 0.231. The number of hydrogen-bond acceptors (Lipinski definition) is 5. The van der Waals surface area contributed by atoms with Crippen LogP contribution in [0.15, 0.2) is 0 Å². The van der Waals surface area contributed by atoms with E-state index < -0.39 is 21.8 Å². The summed E-state index contributed by atoms with van der Waals surface area (Å²) in [5.74, 6) is -3.48. The van der Waals surface area contributed by atoms with Gasteiger partial charge in [-0.05, 0) is 6.92 Å². The molecule has 80 valence electrons. The number of nitrogens with one attached hydrogen (secondary N) is 2. The van der Waals surface area contributed by atoms with Crippen molar-refractivity contribution < 1.29 is 17.2 Å². The van der Waals surface area contributed by atoms with E-state index in [9.17, 15) is 17.2 Å². The Morgan fingerprint density at radius 3 is 2.57 bits per heavy atom. The normalized spacial score (nSPS) is 14.6. The van der Waals surface area contributed by atoms with Gasteiger partial charge in [0.25, 0.3) is 10.0 Å². The van der Waals surface area contributed by atoms with Gasteiger partial charge in [-0.15, -0.1) is 10.2 Å². The Hall–Kier alpha value is -1.16. The Morgan fingerprint density at radius 1 is 1.50 bits per heavy atom. The molecule has 1 aromatic rings. The third-order valence-corrected chi connectivity index (χ3v) is 2.48. The predicted octanol–water partition coefficient (Wildman–Crippen LogP) is -0.597. The average Bonchev–Trinajstić information content (AvgIpc) is 2.54. The lowest BCUT2D eigenvalue weighted by Gasteiger charge is -2.09. The number of nitrogens with zero attached hydrogens (tertiary/aromatic N) is 3. The quantitative estimate of drug-likeness (QED) is 0.715. The van der Waals surface area contributed by atoms with Gasteiger partial charge in [0.05, 0.1) is 6.04 Å². The summed E-state index contributed by atoms with van der Waals surface area (Å²) in [5, 5.41) is 12.1. The molecule has 1 rings (SSSR count). The third kappa shape index (κ3) is 2.42. The zero-order valence-electron chi connectivity index (χ0n) is 6.98. The Morgan fingerprint density at radius 2 is 2.14 bits per heavy atom. The molecule has 2 N–H and O–H groups in total. The standard InChI is InChI=1S/C4H7F2N5O2S/c1-2(3-7-10-11-8-3)9-14(12,13)4(5)6/h2,4,9H,1H3,(H,7,8,10,11). The summed E-state index contributed by atoms with van der Waals surface area (Å²) in [4.78, 5) is 0. The number of rotatable bonds is 4. The Labute approximate surface area is 77.9 Å². The molecule has 0 aliphatic rings. The molecule has 14 heavy (non-hydrogen) atoms. The fraction of sp³-hybridized carbons (Fsp3) is 0.750. The first-order valence-electron chi connectivity index (χ1n) is 3.46. The van der Waals surface area contributed by atoms with E-state index >= 15 is 0 Å². The lowest BCUT2D eigenvalue weighted by atomic mass is 10.4. The number of hydrogen-bond donors (Lipinski definition) is 2. The number of sulfonamides is 1. The van der Waals surface area contributed by atoms with Crippen molar-refractivity contribution >= 4 is 10.0 Å². The molecule has 0 amide bonds. The highest BCUT2D eigenvalue weighted by molar-refractivity contribution is 7.89. The van der Waals surface area contributed by atoms with Crippen LogP contribution in [0.5, 0.6) is 0 Å². The topological polar surface area (TPSA) is 101 Å². The molecule has 0 saturated carbocycles. The van der Waals surface area contributed by atoms with Crippen molar-refractivity contribution in [3.63, 3.8) is 0 Å². The van der Waals surface area contributed by atoms with Crippen LogP contribution in [-0.2, 0) is 10.0 Å². The molecule has 1 aromatic heterocycles. The van der Waals surface area contributed by atoms with Gasteiger partial charge in [-0.25, -0.2) is 8.42 Å². The molecule has 0 fully saturated rings. The van der Waals surface area contributed by atoms with Gasteiger partial charge in [-0.2, -0.15) is 18.7 Å². The SMILES string of the molecule is CC(NS(=O)(=O)C(F)F)c1nn[nH]n1. The van der Waals surface area contributed by atoms with Gasteiger partial charge in [0.2, 0.25) is 0 Å². The Balaban J connectivity index is 2.71. The van der Waals surface area contributed by atoms with Crippen LogP contribution in [0.4, 0.5) is 8.78 Å². The Kier molecular flexibility index (Phi) is 3.06. The smallest absolute Gasteiger partial charge is 0.206 e. The third-order valence-electron chi connectivity index (χ3n) is 1.32. The van der Waals surface area contributed by atoms with Gasteiger partial charge in [0.1, 0.15) is 0 Å². The molecule has 1 unspecified atom stereocenters. The first-order chi connectivity index (χ1) is 6.43. The molecule has 0 spiro atoms. The van der Waals surface area contributed by atoms with Crippen molar-refractivity contribution in [3.05, 3.63) is 5.82 Å². The summed E-state index contributed by atoms with van der Waals surface area (Å²) in [6.07, 6.45) is 0. The van der Waals surface area contributed by atoms with Crippen LogP contribution >= 0.6 is 0 Å². The second-order valence-electron chi connectivity index (χ2n) is 2.42. The van der Waals surface area contributed by atoms with Gasteiger partial charge in [0.15, 0.2) is 5.82 Å². The van der Waals surface area contributed by atoms with Gasteiger partial charge >= 0.3 is 5.76 Å². The molecule has 0 aliphatic heterocycles. The van der Waals surface area contributed by atoms with E-state index in [4.69, 9.17) is 0 Å². The van der Waals surface area contributed by atoms with Crippen LogP contribution in [-0.4, -0.2) is 34.8 Å². The monoisotopic (exact) mass is 227 g/mol. The minimum absolute atomic E-state index is 0.00535. The summed E-state index contributed by atoms with van der Waals surface area (Å²) in [6.45, 7) is 1.32. The maximum absolute atomic E-state index is 11.9. The van der Waals surface area contributed by atoms with Gasteiger partial charge < -0.3 is 0 Å². The summed E-state index contributed by atoms with van der Waals surface area (Å²) in [6, 6.07) is -0.951. The van der Waals surface area contributed by atoms with Crippen LogP contribution in [0.1, 0.15) is 18.8 Å². The van der Waals surface area contributed by atoms with Crippen molar-refractivity contribution in [2.45, 2.75) is 18.7 Å². The van der Waals surface area contributed by atoms with Crippen LogP contribution in [0.2, 0.25) is 0 Å². The van der Waals surface area contributed by atoms with Crippen LogP contribution in [0, 0.1) is 0 Å². The summed E-state index contributed by atoms with van der Waals surface area (Å²) in [5.41, 5.74) is 0. The fourth-order valence-electron chi connectivity index (χ4n) is 0.704. The number of H-pyrrole nitrogens is 1. The average molecular weight is 227 g/mol. The molecule has 0 aliphatic carbocycles. The molecular formula is C4H7F2N5O2S. The van der Waals surface area contributed by atoms with Crippen LogP contribution in [0.25, 0.3) is 0 Å². The van der Waals surface area contributed by atoms with E-state index in [1.54, 1.807) is 4.72 Å². The first-order valence-corrected chi connectivity index (χ1v) is 5.01.